The highest BCUT2D eigenvalue weighted by molar-refractivity contribution is 14.0. The lowest BCUT2D eigenvalue weighted by Gasteiger charge is -2.10. The molecule has 0 spiro atoms. The number of thioether (sulfide) groups is 1. The highest BCUT2D eigenvalue weighted by atomic mass is 127. The molecular formula is C13H21FIN3S. The maximum Gasteiger partial charge on any atom is 0.191 e. The zero-order valence-electron chi connectivity index (χ0n) is 11.3. The van der Waals surface area contributed by atoms with E-state index in [1.807, 2.05) is 6.92 Å². The zero-order chi connectivity index (χ0) is 13.2. The van der Waals surface area contributed by atoms with Crippen LogP contribution in [0.1, 0.15) is 12.5 Å². The first-order valence-corrected chi connectivity index (χ1v) is 7.41. The number of guanidine groups is 1. The van der Waals surface area contributed by atoms with Gasteiger partial charge in [0.2, 0.25) is 0 Å². The van der Waals surface area contributed by atoms with Crippen molar-refractivity contribution in [1.82, 2.24) is 10.6 Å². The van der Waals surface area contributed by atoms with E-state index in [9.17, 15) is 4.39 Å². The Hall–Kier alpha value is -0.500. The fraction of sp³-hybridized carbons (Fsp3) is 0.462. The van der Waals surface area contributed by atoms with Gasteiger partial charge in [0.1, 0.15) is 5.82 Å². The van der Waals surface area contributed by atoms with Crippen LogP contribution in [0, 0.1) is 5.82 Å². The monoisotopic (exact) mass is 397 g/mol. The first-order chi connectivity index (χ1) is 8.76. The Morgan fingerprint density at radius 1 is 1.26 bits per heavy atom. The van der Waals surface area contributed by atoms with Gasteiger partial charge in [-0.05, 0) is 30.9 Å². The lowest BCUT2D eigenvalue weighted by molar-refractivity contribution is 0.627. The van der Waals surface area contributed by atoms with Crippen molar-refractivity contribution < 1.29 is 4.39 Å². The van der Waals surface area contributed by atoms with Crippen LogP contribution in [0.15, 0.2) is 29.3 Å². The van der Waals surface area contributed by atoms with Crippen LogP contribution in [-0.4, -0.2) is 31.1 Å². The summed E-state index contributed by atoms with van der Waals surface area (Å²) in [6, 6.07) is 6.42. The second-order valence-electron chi connectivity index (χ2n) is 3.74. The minimum absolute atomic E-state index is 0. The van der Waals surface area contributed by atoms with E-state index in [1.54, 1.807) is 23.9 Å². The third-order valence-corrected chi connectivity index (χ3v) is 2.89. The van der Waals surface area contributed by atoms with E-state index in [0.717, 1.165) is 30.4 Å². The second kappa shape index (κ2) is 11.3. The maximum atomic E-state index is 12.7. The van der Waals surface area contributed by atoms with Gasteiger partial charge in [0.05, 0.1) is 6.54 Å². The molecule has 3 nitrogen and oxygen atoms in total. The number of benzene rings is 1. The van der Waals surface area contributed by atoms with E-state index in [2.05, 4.69) is 21.9 Å². The molecule has 0 amide bonds. The molecule has 1 aromatic carbocycles. The fourth-order valence-corrected chi connectivity index (χ4v) is 1.68. The normalized spacial score (nSPS) is 10.8. The molecule has 0 bridgehead atoms. The summed E-state index contributed by atoms with van der Waals surface area (Å²) in [5, 5.41) is 6.43. The molecule has 2 N–H and O–H groups in total. The highest BCUT2D eigenvalue weighted by Gasteiger charge is 1.97. The SMILES string of the molecule is CCNC(=NCc1ccc(F)cc1)NCCSC.I. The number of nitrogens with one attached hydrogen (secondary N) is 2. The fourth-order valence-electron chi connectivity index (χ4n) is 1.37. The molecule has 0 aliphatic heterocycles. The van der Waals surface area contributed by atoms with E-state index in [0.29, 0.717) is 6.54 Å². The molecule has 0 saturated heterocycles. The van der Waals surface area contributed by atoms with Crippen LogP contribution in [0.5, 0.6) is 0 Å². The predicted molar refractivity (Wildman–Crippen MR) is 93.0 cm³/mol. The lowest BCUT2D eigenvalue weighted by atomic mass is 10.2. The molecule has 1 aromatic rings. The van der Waals surface area contributed by atoms with Crippen LogP contribution in [0.2, 0.25) is 0 Å². The number of halogens is 2. The minimum atomic E-state index is -0.215. The van der Waals surface area contributed by atoms with Crippen molar-refractivity contribution in [2.75, 3.05) is 25.1 Å². The van der Waals surface area contributed by atoms with E-state index in [1.165, 1.54) is 12.1 Å². The molecule has 0 aliphatic rings. The van der Waals surface area contributed by atoms with Gasteiger partial charge >= 0.3 is 0 Å². The van der Waals surface area contributed by atoms with Gasteiger partial charge in [-0.3, -0.25) is 0 Å². The average molecular weight is 397 g/mol. The summed E-state index contributed by atoms with van der Waals surface area (Å²) in [6.45, 7) is 4.30. The van der Waals surface area contributed by atoms with Crippen LogP contribution < -0.4 is 10.6 Å². The van der Waals surface area contributed by atoms with E-state index in [-0.39, 0.29) is 29.8 Å². The van der Waals surface area contributed by atoms with Crippen LogP contribution in [0.25, 0.3) is 0 Å². The van der Waals surface area contributed by atoms with Crippen LogP contribution in [0.3, 0.4) is 0 Å². The standard InChI is InChI=1S/C13H20FN3S.HI/c1-3-15-13(16-8-9-18-2)17-10-11-4-6-12(14)7-5-11;/h4-7H,3,8-10H2,1-2H3,(H2,15,16,17);1H. The predicted octanol–water partition coefficient (Wildman–Crippen LogP) is 2.86. The van der Waals surface area contributed by atoms with Crippen molar-refractivity contribution in [2.24, 2.45) is 4.99 Å². The number of hydrogen-bond donors (Lipinski definition) is 2. The van der Waals surface area contributed by atoms with Gasteiger partial charge in [0, 0.05) is 18.8 Å². The summed E-state index contributed by atoms with van der Waals surface area (Å²) < 4.78 is 12.7. The van der Waals surface area contributed by atoms with Crippen molar-refractivity contribution in [2.45, 2.75) is 13.5 Å². The molecular weight excluding hydrogens is 376 g/mol. The molecule has 0 aromatic heterocycles. The van der Waals surface area contributed by atoms with E-state index < -0.39 is 0 Å². The number of hydrogen-bond acceptors (Lipinski definition) is 2. The first kappa shape index (κ1) is 18.5. The number of rotatable bonds is 6. The quantitative estimate of drug-likeness (QED) is 0.336. The summed E-state index contributed by atoms with van der Waals surface area (Å²) in [5.41, 5.74) is 0.999. The lowest BCUT2D eigenvalue weighted by Crippen LogP contribution is -2.38. The molecule has 19 heavy (non-hydrogen) atoms. The van der Waals surface area contributed by atoms with Gasteiger partial charge in [0.15, 0.2) is 5.96 Å². The smallest absolute Gasteiger partial charge is 0.191 e. The van der Waals surface area contributed by atoms with Crippen molar-refractivity contribution in [3.63, 3.8) is 0 Å². The van der Waals surface area contributed by atoms with Gasteiger partial charge in [-0.15, -0.1) is 24.0 Å². The van der Waals surface area contributed by atoms with Gasteiger partial charge in [-0.2, -0.15) is 11.8 Å². The third kappa shape index (κ3) is 8.30. The van der Waals surface area contributed by atoms with Gasteiger partial charge in [-0.1, -0.05) is 12.1 Å². The zero-order valence-corrected chi connectivity index (χ0v) is 14.4. The Bertz CT molecular complexity index is 371. The summed E-state index contributed by atoms with van der Waals surface area (Å²) in [5.74, 6) is 1.63. The maximum absolute atomic E-state index is 12.7. The Balaban J connectivity index is 0.00000324. The summed E-state index contributed by atoms with van der Waals surface area (Å²) >= 11 is 1.79. The largest absolute Gasteiger partial charge is 0.357 e. The Labute approximate surface area is 135 Å². The van der Waals surface area contributed by atoms with Crippen LogP contribution in [0.4, 0.5) is 4.39 Å². The average Bonchev–Trinajstić information content (AvgIpc) is 2.38. The Morgan fingerprint density at radius 2 is 1.95 bits per heavy atom. The van der Waals surface area contributed by atoms with Crippen molar-refractivity contribution in [1.29, 1.82) is 0 Å². The summed E-state index contributed by atoms with van der Waals surface area (Å²) in [6.07, 6.45) is 2.07. The molecule has 108 valence electrons. The molecule has 1 rings (SSSR count). The first-order valence-electron chi connectivity index (χ1n) is 6.01. The van der Waals surface area contributed by atoms with Gasteiger partial charge in [-0.25, -0.2) is 9.38 Å². The minimum Gasteiger partial charge on any atom is -0.357 e. The number of aliphatic imine (C=N–C) groups is 1. The molecule has 0 fully saturated rings. The topological polar surface area (TPSA) is 36.4 Å². The van der Waals surface area contributed by atoms with Crippen molar-refractivity contribution in [3.8, 4) is 0 Å². The number of nitrogens with zero attached hydrogens (tertiary/aromatic N) is 1. The third-order valence-electron chi connectivity index (χ3n) is 2.28. The van der Waals surface area contributed by atoms with Crippen molar-refractivity contribution >= 4 is 41.7 Å². The Kier molecular flexibility index (Phi) is 11.0. The highest BCUT2D eigenvalue weighted by Crippen LogP contribution is 2.03. The molecule has 6 heteroatoms. The Morgan fingerprint density at radius 3 is 2.53 bits per heavy atom. The molecule has 0 radical (unpaired) electrons. The second-order valence-corrected chi connectivity index (χ2v) is 4.73. The molecule has 0 aliphatic carbocycles. The summed E-state index contributed by atoms with van der Waals surface area (Å²) in [4.78, 5) is 4.45. The molecule has 0 heterocycles. The summed E-state index contributed by atoms with van der Waals surface area (Å²) in [7, 11) is 0. The van der Waals surface area contributed by atoms with Crippen molar-refractivity contribution in [3.05, 3.63) is 35.6 Å². The molecule has 0 saturated carbocycles. The van der Waals surface area contributed by atoms with Gasteiger partial charge < -0.3 is 10.6 Å². The van der Waals surface area contributed by atoms with Crippen LogP contribution >= 0.6 is 35.7 Å². The van der Waals surface area contributed by atoms with Crippen LogP contribution in [-0.2, 0) is 6.54 Å². The van der Waals surface area contributed by atoms with E-state index >= 15 is 0 Å². The van der Waals surface area contributed by atoms with Gasteiger partial charge in [0.25, 0.3) is 0 Å². The van der Waals surface area contributed by atoms with E-state index in [4.69, 9.17) is 0 Å². The molecule has 0 atom stereocenters. The molecule has 0 unspecified atom stereocenters.